The molecule has 0 aliphatic heterocycles. The largest absolute Gasteiger partial charge is 0.481 e. The molecular weight excluding hydrogens is 165 g/mol. The summed E-state index contributed by atoms with van der Waals surface area (Å²) >= 11 is 0. The molecule has 0 saturated carbocycles. The Hall–Kier alpha value is -0.180. The lowest BCUT2D eigenvalue weighted by Gasteiger charge is -2.23. The van der Waals surface area contributed by atoms with Gasteiger partial charge in [0.25, 0.3) is 0 Å². The van der Waals surface area contributed by atoms with E-state index in [9.17, 15) is 4.79 Å². The van der Waals surface area contributed by atoms with E-state index < -0.39 is 11.7 Å². The highest BCUT2D eigenvalue weighted by Crippen LogP contribution is 2.06. The van der Waals surface area contributed by atoms with E-state index in [-0.39, 0.29) is 13.0 Å². The van der Waals surface area contributed by atoms with Crippen molar-refractivity contribution in [1.29, 1.82) is 0 Å². The first-order valence-corrected chi connectivity index (χ1v) is 3.89. The molecule has 0 saturated heterocycles. The fourth-order valence-corrected chi connectivity index (χ4v) is 0.518. The molecule has 0 heterocycles. The van der Waals surface area contributed by atoms with Crippen molar-refractivity contribution >= 4 is 15.4 Å². The van der Waals surface area contributed by atoms with Gasteiger partial charge in [-0.15, -0.1) is 0 Å². The number of nitrogens with one attached hydrogen (secondary N) is 1. The highest BCUT2D eigenvalue weighted by molar-refractivity contribution is 7.13. The van der Waals surface area contributed by atoms with Crippen molar-refractivity contribution in [3.8, 4) is 0 Å². The van der Waals surface area contributed by atoms with Gasteiger partial charge in [0.05, 0.1) is 13.0 Å². The fraction of sp³-hybridized carbons (Fsp3) is 0.833. The van der Waals surface area contributed by atoms with E-state index in [1.807, 2.05) is 13.8 Å². The molecule has 2 N–H and O–H groups in total. The van der Waals surface area contributed by atoms with Gasteiger partial charge in [-0.25, -0.2) is 0 Å². The highest BCUT2D eigenvalue weighted by atomic mass is 31.0. The zero-order valence-electron chi connectivity index (χ0n) is 6.76. The van der Waals surface area contributed by atoms with Crippen LogP contribution in [0.25, 0.3) is 0 Å². The molecule has 0 aliphatic rings. The van der Waals surface area contributed by atoms with E-state index in [0.717, 1.165) is 0 Å². The van der Waals surface area contributed by atoms with E-state index in [2.05, 4.69) is 14.5 Å². The molecule has 0 rings (SSSR count). The van der Waals surface area contributed by atoms with Crippen molar-refractivity contribution in [2.45, 2.75) is 26.0 Å². The van der Waals surface area contributed by atoms with Crippen molar-refractivity contribution < 1.29 is 14.6 Å². The highest BCUT2D eigenvalue weighted by Gasteiger charge is 2.14. The van der Waals surface area contributed by atoms with Crippen LogP contribution in [0.3, 0.4) is 0 Å². The van der Waals surface area contributed by atoms with Crippen LogP contribution in [0.4, 0.5) is 0 Å². The maximum atomic E-state index is 10.1. The number of carbonyl (C=O) groups is 1. The quantitative estimate of drug-likeness (QED) is 0.479. The summed E-state index contributed by atoms with van der Waals surface area (Å²) < 4.78 is 5.18. The second-order valence-corrected chi connectivity index (χ2v) is 2.94. The van der Waals surface area contributed by atoms with Crippen LogP contribution >= 0.6 is 9.39 Å². The Morgan fingerprint density at radius 1 is 1.73 bits per heavy atom. The second-order valence-electron chi connectivity index (χ2n) is 2.65. The van der Waals surface area contributed by atoms with Crippen LogP contribution in [0, 0.1) is 0 Å². The van der Waals surface area contributed by atoms with E-state index in [4.69, 9.17) is 9.84 Å². The van der Waals surface area contributed by atoms with Gasteiger partial charge >= 0.3 is 5.97 Å². The summed E-state index contributed by atoms with van der Waals surface area (Å²) in [6, 6.07) is 0. The lowest BCUT2D eigenvalue weighted by molar-refractivity contribution is -0.139. The minimum Gasteiger partial charge on any atom is -0.481 e. The van der Waals surface area contributed by atoms with Crippen molar-refractivity contribution in [3.05, 3.63) is 0 Å². The monoisotopic (exact) mass is 179 g/mol. The molecule has 11 heavy (non-hydrogen) atoms. The molecule has 0 fully saturated rings. The molecule has 0 radical (unpaired) electrons. The SMILES string of the molecule is CC(C)(NP)OCCC(=O)O. The summed E-state index contributed by atoms with van der Waals surface area (Å²) in [4.78, 5) is 10.1. The van der Waals surface area contributed by atoms with Gasteiger partial charge in [0.1, 0.15) is 5.72 Å². The van der Waals surface area contributed by atoms with Crippen molar-refractivity contribution in [3.63, 3.8) is 0 Å². The van der Waals surface area contributed by atoms with Crippen LogP contribution in [0.15, 0.2) is 0 Å². The Labute approximate surface area is 68.6 Å². The number of hydrogen-bond acceptors (Lipinski definition) is 3. The molecule has 4 nitrogen and oxygen atoms in total. The predicted octanol–water partition coefficient (Wildman–Crippen LogP) is 0.593. The number of aliphatic carboxylic acids is 1. The first-order valence-electron chi connectivity index (χ1n) is 3.31. The predicted molar refractivity (Wildman–Crippen MR) is 45.1 cm³/mol. The first-order chi connectivity index (χ1) is 4.98. The Balaban J connectivity index is 3.45. The van der Waals surface area contributed by atoms with Gasteiger partial charge in [-0.3, -0.25) is 9.88 Å². The average Bonchev–Trinajstić information content (AvgIpc) is 1.87. The van der Waals surface area contributed by atoms with Crippen molar-refractivity contribution in [2.24, 2.45) is 0 Å². The Kier molecular flexibility index (Phi) is 4.57. The number of carboxylic acids is 1. The molecular formula is C6H14NO3P. The second kappa shape index (κ2) is 4.65. The van der Waals surface area contributed by atoms with Gasteiger partial charge in [0, 0.05) is 0 Å². The van der Waals surface area contributed by atoms with Gasteiger partial charge < -0.3 is 9.84 Å². The first kappa shape index (κ1) is 10.8. The Morgan fingerprint density at radius 2 is 2.27 bits per heavy atom. The Bertz CT molecular complexity index is 138. The molecule has 0 aliphatic carbocycles. The molecule has 0 aromatic rings. The summed E-state index contributed by atoms with van der Waals surface area (Å²) in [5, 5.41) is 11.1. The maximum Gasteiger partial charge on any atom is 0.305 e. The van der Waals surface area contributed by atoms with Crippen LogP contribution < -0.4 is 5.09 Å². The van der Waals surface area contributed by atoms with Crippen molar-refractivity contribution in [2.75, 3.05) is 6.61 Å². The van der Waals surface area contributed by atoms with Gasteiger partial charge in [-0.1, -0.05) is 9.39 Å². The smallest absolute Gasteiger partial charge is 0.305 e. The van der Waals surface area contributed by atoms with Crippen LogP contribution in [-0.2, 0) is 9.53 Å². The topological polar surface area (TPSA) is 58.6 Å². The van der Waals surface area contributed by atoms with Crippen molar-refractivity contribution in [1.82, 2.24) is 5.09 Å². The third kappa shape index (κ3) is 6.23. The summed E-state index contributed by atoms with van der Waals surface area (Å²) in [6.45, 7) is 3.87. The molecule has 0 amide bonds. The molecule has 0 aromatic carbocycles. The molecule has 0 spiro atoms. The van der Waals surface area contributed by atoms with Gasteiger partial charge in [0.15, 0.2) is 0 Å². The minimum absolute atomic E-state index is 0.0375. The van der Waals surface area contributed by atoms with E-state index >= 15 is 0 Å². The third-order valence-electron chi connectivity index (χ3n) is 1.13. The minimum atomic E-state index is -0.843. The molecule has 1 unspecified atom stereocenters. The lowest BCUT2D eigenvalue weighted by Crippen LogP contribution is -2.36. The maximum absolute atomic E-state index is 10.1. The number of ether oxygens (including phenoxy) is 1. The molecule has 1 atom stereocenters. The number of hydrogen-bond donors (Lipinski definition) is 2. The third-order valence-corrected chi connectivity index (χ3v) is 1.82. The zero-order valence-corrected chi connectivity index (χ0v) is 7.91. The standard InChI is InChI=1S/C6H14NO3P/c1-6(2,7-11)10-4-3-5(8)9/h7H,3-4,11H2,1-2H3,(H,8,9). The molecule has 0 bridgehead atoms. The van der Waals surface area contributed by atoms with Gasteiger partial charge in [-0.05, 0) is 13.8 Å². The van der Waals surface area contributed by atoms with Crippen LogP contribution in [-0.4, -0.2) is 23.4 Å². The summed E-state index contributed by atoms with van der Waals surface area (Å²) in [7, 11) is 2.32. The fourth-order valence-electron chi connectivity index (χ4n) is 0.435. The number of rotatable bonds is 5. The molecule has 0 aromatic heterocycles. The number of carboxylic acid groups (broad SMARTS) is 1. The zero-order chi connectivity index (χ0) is 8.91. The average molecular weight is 179 g/mol. The van der Waals surface area contributed by atoms with E-state index in [1.165, 1.54) is 0 Å². The Morgan fingerprint density at radius 3 is 2.64 bits per heavy atom. The summed E-state index contributed by atoms with van der Waals surface area (Å²) in [5.41, 5.74) is -0.472. The van der Waals surface area contributed by atoms with Gasteiger partial charge in [-0.2, -0.15) is 0 Å². The van der Waals surface area contributed by atoms with Crippen LogP contribution in [0.2, 0.25) is 0 Å². The van der Waals surface area contributed by atoms with Crippen LogP contribution in [0.1, 0.15) is 20.3 Å². The normalized spacial score (nSPS) is 11.5. The molecule has 5 heteroatoms. The lowest BCUT2D eigenvalue weighted by atomic mass is 10.3. The summed E-state index contributed by atoms with van der Waals surface area (Å²) in [6.07, 6.45) is 0.0375. The summed E-state index contributed by atoms with van der Waals surface area (Å²) in [5.74, 6) is -0.843. The van der Waals surface area contributed by atoms with Gasteiger partial charge in [0.2, 0.25) is 0 Å². The molecule has 66 valence electrons. The van der Waals surface area contributed by atoms with E-state index in [0.29, 0.717) is 0 Å². The van der Waals surface area contributed by atoms with Crippen LogP contribution in [0.5, 0.6) is 0 Å². The van der Waals surface area contributed by atoms with E-state index in [1.54, 1.807) is 0 Å².